The predicted molar refractivity (Wildman–Crippen MR) is 116 cm³/mol. The lowest BCUT2D eigenvalue weighted by molar-refractivity contribution is -0.142. The summed E-state index contributed by atoms with van der Waals surface area (Å²) < 4.78 is 79.2. The van der Waals surface area contributed by atoms with Gasteiger partial charge in [-0.1, -0.05) is 6.07 Å². The van der Waals surface area contributed by atoms with Gasteiger partial charge >= 0.3 is 12.4 Å². The van der Waals surface area contributed by atoms with E-state index in [1.54, 1.807) is 11.8 Å². The fraction of sp³-hybridized carbons (Fsp3) is 0.364. The van der Waals surface area contributed by atoms with Gasteiger partial charge in [-0.25, -0.2) is 9.97 Å². The number of pyridine rings is 2. The normalized spacial score (nSPS) is 18.5. The zero-order valence-corrected chi connectivity index (χ0v) is 18.7. The first-order chi connectivity index (χ1) is 16.8. The van der Waals surface area contributed by atoms with E-state index in [0.29, 0.717) is 23.3 Å². The molecule has 1 fully saturated rings. The van der Waals surface area contributed by atoms with Gasteiger partial charge in [-0.3, -0.25) is 9.48 Å². The molecule has 0 spiro atoms. The summed E-state index contributed by atoms with van der Waals surface area (Å²) in [5, 5.41) is 15.8. The van der Waals surface area contributed by atoms with Gasteiger partial charge in [0.15, 0.2) is 5.69 Å². The number of aromatic nitrogens is 4. The summed E-state index contributed by atoms with van der Waals surface area (Å²) in [5.41, 5.74) is -1.57. The molecule has 0 unspecified atom stereocenters. The molecule has 0 aromatic carbocycles. The van der Waals surface area contributed by atoms with Gasteiger partial charge in [0.05, 0.1) is 41.6 Å². The summed E-state index contributed by atoms with van der Waals surface area (Å²) in [6, 6.07) is 4.85. The smallest absolute Gasteiger partial charge is 0.391 e. The largest absolute Gasteiger partial charge is 0.435 e. The van der Waals surface area contributed by atoms with Gasteiger partial charge < -0.3 is 15.3 Å². The molecule has 1 aliphatic rings. The molecule has 0 saturated carbocycles. The van der Waals surface area contributed by atoms with Gasteiger partial charge in [0, 0.05) is 18.3 Å². The highest BCUT2D eigenvalue weighted by molar-refractivity contribution is 6.03. The third-order valence-electron chi connectivity index (χ3n) is 5.69. The Labute approximate surface area is 200 Å². The molecule has 4 heterocycles. The van der Waals surface area contributed by atoms with Crippen molar-refractivity contribution in [2.45, 2.75) is 44.4 Å². The van der Waals surface area contributed by atoms with Gasteiger partial charge in [0.1, 0.15) is 12.2 Å². The summed E-state index contributed by atoms with van der Waals surface area (Å²) >= 11 is 0. The molecule has 0 aliphatic carbocycles. The molecule has 36 heavy (non-hydrogen) atoms. The summed E-state index contributed by atoms with van der Waals surface area (Å²) in [6.07, 6.45) is -6.31. The quantitative estimate of drug-likeness (QED) is 0.497. The number of hydrogen-bond donors (Lipinski definition) is 2. The zero-order valence-electron chi connectivity index (χ0n) is 18.7. The number of nitrogens with zero attached hydrogens (tertiary/aromatic N) is 5. The molecule has 1 aliphatic heterocycles. The van der Waals surface area contributed by atoms with E-state index in [1.807, 2.05) is 0 Å². The number of anilines is 2. The number of carbonyl (C=O) groups is 1. The van der Waals surface area contributed by atoms with Crippen LogP contribution in [0.3, 0.4) is 0 Å². The molecule has 3 aromatic rings. The first kappa shape index (κ1) is 25.4. The average Bonchev–Trinajstić information content (AvgIpc) is 3.38. The van der Waals surface area contributed by atoms with E-state index in [9.17, 15) is 36.2 Å². The Hall–Kier alpha value is -3.68. The van der Waals surface area contributed by atoms with Crippen LogP contribution in [0.1, 0.15) is 29.5 Å². The highest BCUT2D eigenvalue weighted by Crippen LogP contribution is 2.36. The van der Waals surface area contributed by atoms with E-state index in [0.717, 1.165) is 24.7 Å². The lowest BCUT2D eigenvalue weighted by Crippen LogP contribution is -2.32. The standard InChI is InChI=1S/C22H20F6N6O2/c1-12-18(35)5-6-34(12)14-7-17(19(29-9-14)22(26,27)28)32-20(36)16-4-2-3-15(31-16)13-8-30-33(10-13)11-21(23,24)25/h2-4,7-10,12,18,35H,5-6,11H2,1H3,(H,32,36)/t12-,18+/m1/s1. The highest BCUT2D eigenvalue weighted by Gasteiger charge is 2.37. The number of alkyl halides is 6. The van der Waals surface area contributed by atoms with Crippen molar-refractivity contribution in [1.82, 2.24) is 19.7 Å². The average molecular weight is 514 g/mol. The van der Waals surface area contributed by atoms with Gasteiger partial charge in [0.2, 0.25) is 0 Å². The molecular weight excluding hydrogens is 494 g/mol. The Morgan fingerprint density at radius 3 is 2.58 bits per heavy atom. The van der Waals surface area contributed by atoms with Crippen LogP contribution in [0, 0.1) is 0 Å². The number of carbonyl (C=O) groups excluding carboxylic acids is 1. The maximum atomic E-state index is 13.6. The third kappa shape index (κ3) is 5.58. The van der Waals surface area contributed by atoms with Crippen LogP contribution in [-0.2, 0) is 12.7 Å². The summed E-state index contributed by atoms with van der Waals surface area (Å²) in [7, 11) is 0. The van der Waals surface area contributed by atoms with Crippen molar-refractivity contribution < 1.29 is 36.2 Å². The second-order valence-corrected chi connectivity index (χ2v) is 8.28. The van der Waals surface area contributed by atoms with Gasteiger partial charge in [-0.2, -0.15) is 31.4 Å². The first-order valence-electron chi connectivity index (χ1n) is 10.7. The molecule has 1 saturated heterocycles. The van der Waals surface area contributed by atoms with Crippen LogP contribution in [0.25, 0.3) is 11.3 Å². The van der Waals surface area contributed by atoms with Crippen LogP contribution >= 0.6 is 0 Å². The minimum atomic E-state index is -4.86. The van der Waals surface area contributed by atoms with Crippen molar-refractivity contribution >= 4 is 17.3 Å². The van der Waals surface area contributed by atoms with Crippen molar-refractivity contribution in [3.8, 4) is 11.3 Å². The first-order valence-corrected chi connectivity index (χ1v) is 10.7. The maximum Gasteiger partial charge on any atom is 0.435 e. The molecule has 192 valence electrons. The van der Waals surface area contributed by atoms with Crippen molar-refractivity contribution in [1.29, 1.82) is 0 Å². The van der Waals surface area contributed by atoms with E-state index in [2.05, 4.69) is 20.4 Å². The zero-order chi connectivity index (χ0) is 26.3. The monoisotopic (exact) mass is 514 g/mol. The number of hydrogen-bond acceptors (Lipinski definition) is 6. The predicted octanol–water partition coefficient (Wildman–Crippen LogP) is 4.13. The van der Waals surface area contributed by atoms with E-state index >= 15 is 0 Å². The summed E-state index contributed by atoms with van der Waals surface area (Å²) in [6.45, 7) is 0.803. The van der Waals surface area contributed by atoms with E-state index in [4.69, 9.17) is 0 Å². The van der Waals surface area contributed by atoms with Crippen LogP contribution in [0.5, 0.6) is 0 Å². The minimum Gasteiger partial charge on any atom is -0.391 e. The Balaban J connectivity index is 1.60. The van der Waals surface area contributed by atoms with Crippen LogP contribution in [0.4, 0.5) is 37.7 Å². The number of nitrogens with one attached hydrogen (secondary N) is 1. The SMILES string of the molecule is C[C@@H]1[C@@H](O)CCN1c1cnc(C(F)(F)F)c(NC(=O)c2cccc(-c3cnn(CC(F)(F)F)c3)n2)c1. The number of halogens is 6. The molecule has 0 radical (unpaired) electrons. The van der Waals surface area contributed by atoms with E-state index in [1.165, 1.54) is 18.2 Å². The van der Waals surface area contributed by atoms with Crippen LogP contribution < -0.4 is 10.2 Å². The fourth-order valence-corrected chi connectivity index (χ4v) is 3.89. The minimum absolute atomic E-state index is 0.110. The van der Waals surface area contributed by atoms with Gasteiger partial charge in [-0.05, 0) is 31.5 Å². The number of rotatable bonds is 5. The molecule has 14 heteroatoms. The Kier molecular flexibility index (Phi) is 6.64. The summed E-state index contributed by atoms with van der Waals surface area (Å²) in [5.74, 6) is -0.974. The Morgan fingerprint density at radius 2 is 1.94 bits per heavy atom. The van der Waals surface area contributed by atoms with Crippen molar-refractivity contribution in [3.05, 3.63) is 54.2 Å². The van der Waals surface area contributed by atoms with Gasteiger partial charge in [0.25, 0.3) is 5.91 Å². The number of amides is 1. The van der Waals surface area contributed by atoms with Gasteiger partial charge in [-0.15, -0.1) is 0 Å². The lowest BCUT2D eigenvalue weighted by atomic mass is 10.2. The third-order valence-corrected chi connectivity index (χ3v) is 5.69. The van der Waals surface area contributed by atoms with Crippen molar-refractivity contribution in [2.75, 3.05) is 16.8 Å². The highest BCUT2D eigenvalue weighted by atomic mass is 19.4. The molecular formula is C22H20F6N6O2. The Bertz CT molecular complexity index is 1260. The van der Waals surface area contributed by atoms with Crippen LogP contribution in [0.2, 0.25) is 0 Å². The molecule has 1 amide bonds. The van der Waals surface area contributed by atoms with E-state index < -0.39 is 42.3 Å². The molecule has 0 bridgehead atoms. The molecule has 3 aromatic heterocycles. The number of aliphatic hydroxyl groups is 1. The number of aliphatic hydroxyl groups excluding tert-OH is 1. The second kappa shape index (κ2) is 9.41. The van der Waals surface area contributed by atoms with Crippen molar-refractivity contribution in [2.24, 2.45) is 0 Å². The van der Waals surface area contributed by atoms with E-state index in [-0.39, 0.29) is 23.0 Å². The van der Waals surface area contributed by atoms with Crippen LogP contribution in [0.15, 0.2) is 42.9 Å². The maximum absolute atomic E-state index is 13.6. The molecule has 2 N–H and O–H groups in total. The fourth-order valence-electron chi connectivity index (χ4n) is 3.89. The Morgan fingerprint density at radius 1 is 1.19 bits per heavy atom. The molecule has 8 nitrogen and oxygen atoms in total. The van der Waals surface area contributed by atoms with Crippen molar-refractivity contribution in [3.63, 3.8) is 0 Å². The second-order valence-electron chi connectivity index (χ2n) is 8.28. The topological polar surface area (TPSA) is 96.2 Å². The molecule has 2 atom stereocenters. The summed E-state index contributed by atoms with van der Waals surface area (Å²) in [4.78, 5) is 22.1. The lowest BCUT2D eigenvalue weighted by Gasteiger charge is -2.26. The van der Waals surface area contributed by atoms with Crippen LogP contribution in [-0.4, -0.2) is 55.6 Å². The molecule has 4 rings (SSSR count).